The average molecular weight is 539 g/mol. The van der Waals surface area contributed by atoms with Gasteiger partial charge in [-0.1, -0.05) is 48.2 Å². The number of aromatic amines is 1. The molecule has 1 aliphatic rings. The van der Waals surface area contributed by atoms with Gasteiger partial charge in [0.15, 0.2) is 11.0 Å². The van der Waals surface area contributed by atoms with E-state index in [1.807, 2.05) is 71.1 Å². The van der Waals surface area contributed by atoms with Crippen molar-refractivity contribution in [1.29, 1.82) is 0 Å². The van der Waals surface area contributed by atoms with Crippen molar-refractivity contribution in [2.45, 2.75) is 12.1 Å². The molecule has 3 aromatic carbocycles. The Hall–Kier alpha value is -4.24. The summed E-state index contributed by atoms with van der Waals surface area (Å²) in [4.78, 5) is 20.8. The zero-order chi connectivity index (χ0) is 26.6. The minimum absolute atomic E-state index is 0.114. The van der Waals surface area contributed by atoms with Crippen molar-refractivity contribution in [1.82, 2.24) is 24.6 Å². The molecule has 3 heterocycles. The Labute approximate surface area is 231 Å². The summed E-state index contributed by atoms with van der Waals surface area (Å²) in [5.74, 6) is 1.95. The maximum atomic E-state index is 13.2. The monoisotopic (exact) mass is 538 g/mol. The molecule has 1 amide bonds. The molecule has 5 aromatic rings. The third kappa shape index (κ3) is 5.22. The molecular formula is C30H30N6O2S. The van der Waals surface area contributed by atoms with Crippen LogP contribution in [-0.4, -0.2) is 69.1 Å². The molecule has 0 spiro atoms. The molecule has 0 radical (unpaired) electrons. The third-order valence-corrected chi connectivity index (χ3v) is 7.86. The highest BCUT2D eigenvalue weighted by atomic mass is 32.2. The maximum Gasteiger partial charge on any atom is 0.233 e. The summed E-state index contributed by atoms with van der Waals surface area (Å²) in [7, 11) is 0. The number of para-hydroxylation sites is 2. The van der Waals surface area contributed by atoms with Gasteiger partial charge in [-0.3, -0.25) is 9.36 Å². The Bertz CT molecular complexity index is 1560. The number of anilines is 1. The van der Waals surface area contributed by atoms with Crippen LogP contribution in [0.4, 0.5) is 5.69 Å². The number of carbonyl (C=O) groups is 1. The van der Waals surface area contributed by atoms with Gasteiger partial charge in [0, 0.05) is 60.2 Å². The van der Waals surface area contributed by atoms with Crippen LogP contribution in [0.2, 0.25) is 0 Å². The summed E-state index contributed by atoms with van der Waals surface area (Å²) in [5, 5.41) is 10.9. The summed E-state index contributed by atoms with van der Waals surface area (Å²) in [5.41, 5.74) is 4.11. The number of H-pyrrole nitrogens is 1. The number of aromatic nitrogens is 4. The van der Waals surface area contributed by atoms with Crippen molar-refractivity contribution in [3.05, 3.63) is 85.1 Å². The van der Waals surface area contributed by atoms with Crippen LogP contribution in [0.1, 0.15) is 6.92 Å². The molecule has 0 aliphatic carbocycles. The fourth-order valence-electron chi connectivity index (χ4n) is 4.96. The predicted molar refractivity (Wildman–Crippen MR) is 156 cm³/mol. The number of fused-ring (bicyclic) bond motifs is 1. The molecule has 0 bridgehead atoms. The first-order valence-electron chi connectivity index (χ1n) is 13.2. The van der Waals surface area contributed by atoms with Crippen LogP contribution in [-0.2, 0) is 4.79 Å². The van der Waals surface area contributed by atoms with Crippen LogP contribution in [0.15, 0.2) is 90.2 Å². The zero-order valence-electron chi connectivity index (χ0n) is 21.8. The quantitative estimate of drug-likeness (QED) is 0.272. The molecule has 8 nitrogen and oxygen atoms in total. The average Bonchev–Trinajstić information content (AvgIpc) is 3.61. The van der Waals surface area contributed by atoms with E-state index < -0.39 is 0 Å². The fourth-order valence-corrected chi connectivity index (χ4v) is 5.81. The molecule has 1 N–H and O–H groups in total. The summed E-state index contributed by atoms with van der Waals surface area (Å²) in [6.07, 6.45) is 1.96. The minimum atomic E-state index is 0.114. The van der Waals surface area contributed by atoms with Gasteiger partial charge in [-0.15, -0.1) is 10.2 Å². The van der Waals surface area contributed by atoms with Crippen molar-refractivity contribution < 1.29 is 9.53 Å². The Kier molecular flexibility index (Phi) is 7.23. The minimum Gasteiger partial charge on any atom is -0.494 e. The number of thioether (sulfide) groups is 1. The van der Waals surface area contributed by atoms with Gasteiger partial charge in [0.25, 0.3) is 0 Å². The molecule has 2 aromatic heterocycles. The molecule has 6 rings (SSSR count). The highest BCUT2D eigenvalue weighted by Gasteiger charge is 2.24. The SMILES string of the molecule is CCOc1ccc(-n2c(SCC(=O)N3CCN(c4ccccc4)CC3)nnc2-c2c[nH]c3ccccc23)cc1. The molecule has 9 heteroatoms. The fraction of sp³-hybridized carbons (Fsp3) is 0.233. The number of benzene rings is 3. The predicted octanol–water partition coefficient (Wildman–Crippen LogP) is 5.26. The highest BCUT2D eigenvalue weighted by molar-refractivity contribution is 7.99. The number of nitrogens with zero attached hydrogens (tertiary/aromatic N) is 5. The molecule has 0 atom stereocenters. The van der Waals surface area contributed by atoms with Crippen molar-refractivity contribution in [3.63, 3.8) is 0 Å². The number of hydrogen-bond donors (Lipinski definition) is 1. The van der Waals surface area contributed by atoms with Crippen molar-refractivity contribution in [2.75, 3.05) is 43.4 Å². The van der Waals surface area contributed by atoms with Gasteiger partial charge in [0.05, 0.1) is 12.4 Å². The molecule has 1 saturated heterocycles. The van der Waals surface area contributed by atoms with Crippen LogP contribution in [0.25, 0.3) is 28.0 Å². The van der Waals surface area contributed by atoms with Crippen LogP contribution in [0.5, 0.6) is 5.75 Å². The van der Waals surface area contributed by atoms with Gasteiger partial charge < -0.3 is 19.5 Å². The lowest BCUT2D eigenvalue weighted by Gasteiger charge is -2.36. The van der Waals surface area contributed by atoms with E-state index in [-0.39, 0.29) is 5.91 Å². The highest BCUT2D eigenvalue weighted by Crippen LogP contribution is 2.33. The number of nitrogens with one attached hydrogen (secondary N) is 1. The van der Waals surface area contributed by atoms with Gasteiger partial charge >= 0.3 is 0 Å². The lowest BCUT2D eigenvalue weighted by atomic mass is 10.1. The second-order valence-corrected chi connectivity index (χ2v) is 10.3. The van der Waals surface area contributed by atoms with Crippen LogP contribution < -0.4 is 9.64 Å². The van der Waals surface area contributed by atoms with Crippen LogP contribution in [0.3, 0.4) is 0 Å². The molecule has 0 unspecified atom stereocenters. The molecular weight excluding hydrogens is 508 g/mol. The largest absolute Gasteiger partial charge is 0.494 e. The molecule has 1 aliphatic heterocycles. The van der Waals surface area contributed by atoms with E-state index in [1.165, 1.54) is 17.4 Å². The van der Waals surface area contributed by atoms with E-state index >= 15 is 0 Å². The Morgan fingerprint density at radius 3 is 2.41 bits per heavy atom. The second-order valence-electron chi connectivity index (χ2n) is 9.31. The third-order valence-electron chi connectivity index (χ3n) is 6.95. The van der Waals surface area contributed by atoms with E-state index in [2.05, 4.69) is 50.4 Å². The van der Waals surface area contributed by atoms with E-state index in [4.69, 9.17) is 4.74 Å². The topological polar surface area (TPSA) is 79.3 Å². The van der Waals surface area contributed by atoms with E-state index in [1.54, 1.807) is 0 Å². The van der Waals surface area contributed by atoms with E-state index in [0.29, 0.717) is 30.6 Å². The lowest BCUT2D eigenvalue weighted by Crippen LogP contribution is -2.49. The Morgan fingerprint density at radius 1 is 0.897 bits per heavy atom. The summed E-state index contributed by atoms with van der Waals surface area (Å²) in [6, 6.07) is 26.4. The van der Waals surface area contributed by atoms with E-state index in [9.17, 15) is 4.79 Å². The molecule has 198 valence electrons. The van der Waals surface area contributed by atoms with Crippen LogP contribution in [0, 0.1) is 0 Å². The number of hydrogen-bond acceptors (Lipinski definition) is 6. The number of carbonyl (C=O) groups excluding carboxylic acids is 1. The van der Waals surface area contributed by atoms with Crippen molar-refractivity contribution >= 4 is 34.3 Å². The van der Waals surface area contributed by atoms with E-state index in [0.717, 1.165) is 46.8 Å². The summed E-state index contributed by atoms with van der Waals surface area (Å²) >= 11 is 1.42. The first kappa shape index (κ1) is 25.1. The van der Waals surface area contributed by atoms with Crippen molar-refractivity contribution in [3.8, 4) is 22.8 Å². The smallest absolute Gasteiger partial charge is 0.233 e. The molecule has 1 fully saturated rings. The first-order chi connectivity index (χ1) is 19.2. The van der Waals surface area contributed by atoms with Gasteiger partial charge in [-0.2, -0.15) is 0 Å². The summed E-state index contributed by atoms with van der Waals surface area (Å²) < 4.78 is 7.67. The number of rotatable bonds is 8. The number of ether oxygens (including phenoxy) is 1. The van der Waals surface area contributed by atoms with Gasteiger partial charge in [-0.05, 0) is 49.4 Å². The van der Waals surface area contributed by atoms with Gasteiger partial charge in [0.2, 0.25) is 5.91 Å². The molecule has 0 saturated carbocycles. The molecule has 39 heavy (non-hydrogen) atoms. The Morgan fingerprint density at radius 2 is 1.64 bits per heavy atom. The van der Waals surface area contributed by atoms with Gasteiger partial charge in [0.1, 0.15) is 5.75 Å². The van der Waals surface area contributed by atoms with Crippen LogP contribution >= 0.6 is 11.8 Å². The summed E-state index contributed by atoms with van der Waals surface area (Å²) in [6.45, 7) is 5.65. The van der Waals surface area contributed by atoms with Gasteiger partial charge in [-0.25, -0.2) is 0 Å². The van der Waals surface area contributed by atoms with Crippen molar-refractivity contribution in [2.24, 2.45) is 0 Å². The zero-order valence-corrected chi connectivity index (χ0v) is 22.6. The number of amides is 1. The first-order valence-corrected chi connectivity index (χ1v) is 14.2. The normalized spacial score (nSPS) is 13.7. The second kappa shape index (κ2) is 11.2. The lowest BCUT2D eigenvalue weighted by molar-refractivity contribution is -0.128. The maximum absolute atomic E-state index is 13.2. The Balaban J connectivity index is 1.22. The standard InChI is InChI=1S/C30H30N6O2S/c1-2-38-24-14-12-23(13-15-24)36-29(26-20-31-27-11-7-6-10-25(26)27)32-33-30(36)39-21-28(37)35-18-16-34(17-19-35)22-8-4-3-5-9-22/h3-15,20,31H,2,16-19,21H2,1H3. The number of piperazine rings is 1.